The van der Waals surface area contributed by atoms with E-state index in [-0.39, 0.29) is 35.0 Å². The number of anilines is 4. The second-order valence-corrected chi connectivity index (χ2v) is 37.9. The van der Waals surface area contributed by atoms with Crippen molar-refractivity contribution in [3.8, 4) is 0 Å². The van der Waals surface area contributed by atoms with Gasteiger partial charge in [-0.1, -0.05) is 45.0 Å². The molecule has 4 aromatic carbocycles. The molecule has 3 heterocycles. The molecule has 580 valence electrons. The van der Waals surface area contributed by atoms with Crippen LogP contribution in [-0.2, 0) is 148 Å². The summed E-state index contributed by atoms with van der Waals surface area (Å²) in [6.07, 6.45) is 27.1. The van der Waals surface area contributed by atoms with Gasteiger partial charge in [0.05, 0.1) is 17.3 Å². The largest absolute Gasteiger partial charge is 0.355 e. The minimum Gasteiger partial charge on any atom is -0.355 e. The number of hydrogen-bond donors (Lipinski definition) is 9. The van der Waals surface area contributed by atoms with Crippen LogP contribution in [0.1, 0.15) is 187 Å². The molecule has 29 heteroatoms. The molecule has 1 unspecified atom stereocenters. The highest BCUT2D eigenvalue weighted by atomic mass is 32.2. The summed E-state index contributed by atoms with van der Waals surface area (Å²) < 4.78 is 107. The van der Waals surface area contributed by atoms with E-state index in [0.29, 0.717) is 6.54 Å². The Morgan fingerprint density at radius 2 is 0.585 bits per heavy atom. The number of hydrogen-bond acceptors (Lipinski definition) is 16. The standard InChI is InChI=1S/C21H31N3O3S.C20H29N3O3S.C19H27N3O3S.C17H23N3O4S/c1-2-24-11-9-15(10-12-24)14-28(26,27)23-21(25)22-20-18-7-3-5-16(18)13-17-6-4-8-19(17)20;1-2-23-10-9-14(12-23)13-27(25,26)22-20(24)21-19-17-7-3-5-15(17)11-16-6-4-8-18(16)19;1-2-22-10-13(11-22)12-26(24,25)21-19(23)20-18-16-7-3-5-14(16)9-15-6-4-8-17(15)18;1-2-18-15(21)10-25(23,24)20-17(22)19-16-13-7-3-5-11(13)9-12-6-4-8-14(12)16/h13,15H,2-12,14H2,1H3,(H2,22,23,25);11,14H,2-10,12-13H2,1H3,(H2,21,22,24);9,13H,2-8,10-12H2,1H3,(H2,20,21,23);9H,2-8,10H2,1H3,(H,18,21)(H2,19,20,22). The number of benzene rings is 4. The van der Waals surface area contributed by atoms with Gasteiger partial charge in [0.1, 0.15) is 5.75 Å². The molecule has 0 bridgehead atoms. The highest BCUT2D eigenvalue weighted by Crippen LogP contribution is 2.43. The first-order valence-corrected chi connectivity index (χ1v) is 45.7. The third kappa shape index (κ3) is 19.8. The minimum absolute atomic E-state index is 0.0158. The summed E-state index contributed by atoms with van der Waals surface area (Å²) in [5.41, 5.74) is 23.3. The Hall–Kier alpha value is -6.89. The van der Waals surface area contributed by atoms with E-state index in [1.807, 2.05) is 4.72 Å². The van der Waals surface area contributed by atoms with Crippen LogP contribution in [0.4, 0.5) is 41.9 Å². The quantitative estimate of drug-likeness (QED) is 0.0400. The summed E-state index contributed by atoms with van der Waals surface area (Å²) in [4.78, 5) is 67.9. The maximum absolute atomic E-state index is 12.6. The maximum atomic E-state index is 12.6. The number of nitrogens with one attached hydrogen (secondary N) is 9. The SMILES string of the molecule is CCN1CC(CS(=O)(=O)NC(=O)Nc2c3c(cc4c2CCC4)CCC3)C1.CCN1CCC(CS(=O)(=O)NC(=O)Nc2c3c(cc4c2CCC4)CCC3)C1.CCN1CCC(CS(=O)(=O)NC(=O)Nc2c3c(cc4c2CCC4)CCC3)CC1.CCNC(=O)CS(=O)(=O)NC(=O)Nc1c2c(cc3c1CCC3)CCC2. The molecule has 3 fully saturated rings. The topological polar surface area (TPSA) is 340 Å². The number of amides is 9. The molecule has 1 atom stereocenters. The van der Waals surface area contributed by atoms with E-state index < -0.39 is 75.9 Å². The van der Waals surface area contributed by atoms with Crippen molar-refractivity contribution in [3.63, 3.8) is 0 Å². The molecule has 0 saturated carbocycles. The van der Waals surface area contributed by atoms with Gasteiger partial charge >= 0.3 is 24.1 Å². The molecule has 3 aliphatic heterocycles. The van der Waals surface area contributed by atoms with Gasteiger partial charge in [-0.05, 0) is 320 Å². The van der Waals surface area contributed by atoms with E-state index in [0.717, 1.165) is 266 Å². The fraction of sp³-hybridized carbons (Fsp3) is 0.623. The molecular formula is C77H110N12O13S4. The number of carbonyl (C=O) groups excluding carboxylic acids is 5. The number of likely N-dealkylation sites (tertiary alicyclic amines) is 3. The monoisotopic (exact) mass is 1540 g/mol. The number of piperidine rings is 1. The van der Waals surface area contributed by atoms with Crippen LogP contribution in [0.3, 0.4) is 0 Å². The van der Waals surface area contributed by atoms with Crippen LogP contribution in [0.2, 0.25) is 0 Å². The van der Waals surface area contributed by atoms with Gasteiger partial charge in [-0.2, -0.15) is 0 Å². The van der Waals surface area contributed by atoms with E-state index in [4.69, 9.17) is 0 Å². The van der Waals surface area contributed by atoms with Crippen molar-refractivity contribution in [2.45, 2.75) is 201 Å². The fourth-order valence-corrected chi connectivity index (χ4v) is 23.1. The van der Waals surface area contributed by atoms with Crippen molar-refractivity contribution >= 4 is 92.9 Å². The molecule has 15 rings (SSSR count). The highest BCUT2D eigenvalue weighted by Gasteiger charge is 2.35. The Kier molecular flexibility index (Phi) is 25.5. The summed E-state index contributed by atoms with van der Waals surface area (Å²) in [6, 6.07) is 6.47. The molecule has 9 N–H and O–H groups in total. The van der Waals surface area contributed by atoms with Gasteiger partial charge in [-0.3, -0.25) is 4.79 Å². The molecule has 4 aromatic rings. The number of nitrogens with zero attached hydrogens (tertiary/aromatic N) is 3. The van der Waals surface area contributed by atoms with Crippen LogP contribution in [0.15, 0.2) is 24.3 Å². The molecule has 9 amide bonds. The van der Waals surface area contributed by atoms with E-state index in [2.05, 4.69) is 100 Å². The lowest BCUT2D eigenvalue weighted by Gasteiger charge is -2.38. The second kappa shape index (κ2) is 34.4. The molecule has 3 saturated heterocycles. The van der Waals surface area contributed by atoms with Gasteiger partial charge in [-0.15, -0.1) is 0 Å². The predicted molar refractivity (Wildman–Crippen MR) is 415 cm³/mol. The first kappa shape index (κ1) is 78.7. The first-order chi connectivity index (χ1) is 50.7. The van der Waals surface area contributed by atoms with Crippen LogP contribution in [-0.4, -0.2) is 167 Å². The fourth-order valence-electron chi connectivity index (χ4n) is 18.3. The Labute approximate surface area is 627 Å². The first-order valence-electron chi connectivity index (χ1n) is 39.1. The third-order valence-corrected chi connectivity index (χ3v) is 28.7. The average molecular weight is 1540 g/mol. The summed E-state index contributed by atoms with van der Waals surface area (Å²) >= 11 is 0. The molecule has 8 aliphatic carbocycles. The molecule has 0 aromatic heterocycles. The van der Waals surface area contributed by atoms with Gasteiger partial charge in [0.15, 0.2) is 0 Å². The zero-order valence-electron chi connectivity index (χ0n) is 62.3. The molecular weight excluding hydrogens is 1430 g/mol. The molecule has 25 nitrogen and oxygen atoms in total. The number of rotatable bonds is 20. The summed E-state index contributed by atoms with van der Waals surface area (Å²) in [5.74, 6) is -1.000. The van der Waals surface area contributed by atoms with Crippen molar-refractivity contribution in [1.82, 2.24) is 38.9 Å². The Bertz CT molecular complexity index is 4350. The van der Waals surface area contributed by atoms with Crippen molar-refractivity contribution in [2.24, 2.45) is 17.8 Å². The van der Waals surface area contributed by atoms with E-state index in [1.165, 1.54) is 77.9 Å². The molecule has 11 aliphatic rings. The van der Waals surface area contributed by atoms with Crippen LogP contribution in [0.25, 0.3) is 0 Å². The number of urea groups is 4. The Balaban J connectivity index is 0.000000133. The third-order valence-electron chi connectivity index (χ3n) is 23.4. The van der Waals surface area contributed by atoms with Crippen molar-refractivity contribution in [2.75, 3.05) is 110 Å². The lowest BCUT2D eigenvalue weighted by Crippen LogP contribution is -2.51. The minimum atomic E-state index is -4.02. The summed E-state index contributed by atoms with van der Waals surface area (Å²) in [6.45, 7) is 16.4. The van der Waals surface area contributed by atoms with Gasteiger partial charge in [0, 0.05) is 54.8 Å². The van der Waals surface area contributed by atoms with Crippen LogP contribution in [0, 0.1) is 17.8 Å². The molecule has 106 heavy (non-hydrogen) atoms. The Morgan fingerprint density at radius 1 is 0.330 bits per heavy atom. The summed E-state index contributed by atoms with van der Waals surface area (Å²) in [7, 11) is -14.9. The number of carbonyl (C=O) groups is 5. The second-order valence-electron chi connectivity index (χ2n) is 30.9. The van der Waals surface area contributed by atoms with E-state index in [9.17, 15) is 57.6 Å². The van der Waals surface area contributed by atoms with Gasteiger partial charge in [0.2, 0.25) is 46.0 Å². The predicted octanol–water partition coefficient (Wildman–Crippen LogP) is 8.62. The van der Waals surface area contributed by atoms with Gasteiger partial charge in [0.25, 0.3) is 0 Å². The van der Waals surface area contributed by atoms with Gasteiger partial charge < -0.3 is 41.3 Å². The number of sulfonamides is 4. The molecule has 0 spiro atoms. The van der Waals surface area contributed by atoms with Crippen LogP contribution in [0.5, 0.6) is 0 Å². The smallest absolute Gasteiger partial charge is 0.332 e. The van der Waals surface area contributed by atoms with E-state index >= 15 is 0 Å². The number of fused-ring (bicyclic) bond motifs is 8. The average Bonchev–Trinajstić information content (AvgIpc) is 1.63. The van der Waals surface area contributed by atoms with Crippen molar-refractivity contribution in [1.29, 1.82) is 0 Å². The highest BCUT2D eigenvalue weighted by molar-refractivity contribution is 7.91. The lowest BCUT2D eigenvalue weighted by molar-refractivity contribution is -0.118. The zero-order valence-corrected chi connectivity index (χ0v) is 65.6. The van der Waals surface area contributed by atoms with E-state index in [1.54, 1.807) is 6.92 Å². The van der Waals surface area contributed by atoms with Gasteiger partial charge in [-0.25, -0.2) is 71.7 Å². The lowest BCUT2D eigenvalue weighted by atomic mass is 9.99. The van der Waals surface area contributed by atoms with Crippen molar-refractivity contribution < 1.29 is 57.6 Å². The molecule has 0 radical (unpaired) electrons. The zero-order chi connectivity index (χ0) is 75.1. The normalized spacial score (nSPS) is 19.3. The van der Waals surface area contributed by atoms with Crippen LogP contribution < -0.4 is 45.5 Å². The Morgan fingerprint density at radius 3 is 0.868 bits per heavy atom. The van der Waals surface area contributed by atoms with Crippen molar-refractivity contribution in [3.05, 3.63) is 113 Å². The van der Waals surface area contributed by atoms with Crippen LogP contribution >= 0.6 is 0 Å². The summed E-state index contributed by atoms with van der Waals surface area (Å²) in [5, 5.41) is 13.9. The maximum Gasteiger partial charge on any atom is 0.332 e. The number of aryl methyl sites for hydroxylation is 8.